The maximum atomic E-state index is 12.5. The highest BCUT2D eigenvalue weighted by molar-refractivity contribution is 5.86. The number of benzene rings is 1. The Labute approximate surface area is 159 Å². The minimum atomic E-state index is -0.816. The smallest absolute Gasteiger partial charge is 0.240 e. The van der Waals surface area contributed by atoms with E-state index in [1.165, 1.54) is 11.3 Å². The first-order valence-electron chi connectivity index (χ1n) is 8.97. The minimum Gasteiger partial charge on any atom is -0.381 e. The predicted molar refractivity (Wildman–Crippen MR) is 102 cm³/mol. The molecular formula is C19H25ClN4O2. The summed E-state index contributed by atoms with van der Waals surface area (Å²) < 4.78 is 7.34. The van der Waals surface area contributed by atoms with Crippen LogP contribution < -0.4 is 11.1 Å². The van der Waals surface area contributed by atoms with E-state index in [4.69, 9.17) is 15.6 Å². The van der Waals surface area contributed by atoms with Crippen molar-refractivity contribution in [2.75, 3.05) is 13.2 Å². The fourth-order valence-electron chi connectivity index (χ4n) is 3.74. The van der Waals surface area contributed by atoms with Crippen LogP contribution in [0, 0.1) is 0 Å². The van der Waals surface area contributed by atoms with Crippen molar-refractivity contribution in [3.63, 3.8) is 0 Å². The number of hydrogen-bond acceptors (Lipinski definition) is 4. The van der Waals surface area contributed by atoms with E-state index >= 15 is 0 Å². The van der Waals surface area contributed by atoms with E-state index in [-0.39, 0.29) is 18.3 Å². The molecule has 26 heavy (non-hydrogen) atoms. The number of nitrogens with two attached hydrogens (primary N) is 1. The molecule has 2 aromatic rings. The van der Waals surface area contributed by atoms with E-state index in [1.54, 1.807) is 0 Å². The zero-order valence-corrected chi connectivity index (χ0v) is 15.6. The molecule has 140 valence electrons. The Morgan fingerprint density at radius 1 is 1.23 bits per heavy atom. The van der Waals surface area contributed by atoms with Gasteiger partial charge in [0, 0.05) is 18.9 Å². The summed E-state index contributed by atoms with van der Waals surface area (Å²) in [5.41, 5.74) is 10.0. The first kappa shape index (κ1) is 18.9. The Morgan fingerprint density at radius 3 is 2.69 bits per heavy atom. The average molecular weight is 377 g/mol. The molecule has 6 nitrogen and oxygen atoms in total. The number of rotatable bonds is 4. The van der Waals surface area contributed by atoms with Crippen LogP contribution in [0.1, 0.15) is 36.2 Å². The van der Waals surface area contributed by atoms with Crippen LogP contribution >= 0.6 is 12.4 Å². The number of carbonyl (C=O) groups excluding carboxylic acids is 1. The quantitative estimate of drug-likeness (QED) is 0.853. The van der Waals surface area contributed by atoms with Gasteiger partial charge in [-0.25, -0.2) is 4.68 Å². The number of aromatic nitrogens is 2. The molecule has 1 aromatic carbocycles. The molecule has 1 aliphatic carbocycles. The lowest BCUT2D eigenvalue weighted by molar-refractivity contribution is -0.129. The van der Waals surface area contributed by atoms with E-state index in [0.717, 1.165) is 30.6 Å². The molecule has 1 aliphatic heterocycles. The number of hydrogen-bond donors (Lipinski definition) is 2. The van der Waals surface area contributed by atoms with Crippen LogP contribution in [0.3, 0.4) is 0 Å². The topological polar surface area (TPSA) is 82.2 Å². The molecular weight excluding hydrogens is 352 g/mol. The molecule has 3 N–H and O–H groups in total. The second-order valence-electron chi connectivity index (χ2n) is 6.92. The van der Waals surface area contributed by atoms with Crippen LogP contribution in [-0.4, -0.2) is 34.4 Å². The number of amides is 1. The SMILES string of the molecule is Cl.NC1(C(=O)NCc2nn(-c3ccccc3)c3c2CCC3)CCOCC1. The molecule has 0 radical (unpaired) electrons. The molecule has 0 atom stereocenters. The van der Waals surface area contributed by atoms with Gasteiger partial charge in [-0.05, 0) is 49.8 Å². The third-order valence-corrected chi connectivity index (χ3v) is 5.27. The zero-order chi connectivity index (χ0) is 17.3. The number of carbonyl (C=O) groups is 1. The maximum absolute atomic E-state index is 12.5. The third kappa shape index (κ3) is 3.49. The van der Waals surface area contributed by atoms with Crippen LogP contribution in [0.25, 0.3) is 5.69 Å². The Balaban J connectivity index is 0.00000196. The summed E-state index contributed by atoms with van der Waals surface area (Å²) in [6, 6.07) is 10.2. The number of fused-ring (bicyclic) bond motifs is 1. The summed E-state index contributed by atoms with van der Waals surface area (Å²) in [5.74, 6) is -0.100. The lowest BCUT2D eigenvalue weighted by Gasteiger charge is -2.31. The summed E-state index contributed by atoms with van der Waals surface area (Å²) in [7, 11) is 0. The van der Waals surface area contributed by atoms with Crippen LogP contribution in [0.15, 0.2) is 30.3 Å². The van der Waals surface area contributed by atoms with Crippen molar-refractivity contribution in [3.8, 4) is 5.69 Å². The van der Waals surface area contributed by atoms with E-state index in [1.807, 2.05) is 22.9 Å². The Kier molecular flexibility index (Phi) is 5.65. The summed E-state index contributed by atoms with van der Waals surface area (Å²) >= 11 is 0. The molecule has 0 unspecified atom stereocenters. The second kappa shape index (κ2) is 7.78. The lowest BCUT2D eigenvalue weighted by Crippen LogP contribution is -2.56. The fraction of sp³-hybridized carbons (Fsp3) is 0.474. The molecule has 0 bridgehead atoms. The van der Waals surface area contributed by atoms with Gasteiger partial charge in [0.15, 0.2) is 0 Å². The lowest BCUT2D eigenvalue weighted by atomic mass is 9.90. The number of ether oxygens (including phenoxy) is 1. The van der Waals surface area contributed by atoms with Crippen molar-refractivity contribution >= 4 is 18.3 Å². The molecule has 1 aromatic heterocycles. The largest absolute Gasteiger partial charge is 0.381 e. The van der Waals surface area contributed by atoms with Gasteiger partial charge < -0.3 is 15.8 Å². The van der Waals surface area contributed by atoms with Crippen LogP contribution in [0.5, 0.6) is 0 Å². The molecule has 2 heterocycles. The zero-order valence-electron chi connectivity index (χ0n) is 14.7. The molecule has 1 amide bonds. The van der Waals surface area contributed by atoms with E-state index in [2.05, 4.69) is 17.4 Å². The van der Waals surface area contributed by atoms with Crippen molar-refractivity contribution in [2.24, 2.45) is 5.73 Å². The van der Waals surface area contributed by atoms with Crippen LogP contribution in [-0.2, 0) is 28.9 Å². The molecule has 7 heteroatoms. The third-order valence-electron chi connectivity index (χ3n) is 5.27. The molecule has 0 spiro atoms. The first-order valence-corrected chi connectivity index (χ1v) is 8.97. The molecule has 2 aliphatic rings. The molecule has 1 fully saturated rings. The molecule has 4 rings (SSSR count). The van der Waals surface area contributed by atoms with E-state index in [0.29, 0.717) is 32.6 Å². The van der Waals surface area contributed by atoms with Crippen LogP contribution in [0.2, 0.25) is 0 Å². The Morgan fingerprint density at radius 2 is 1.96 bits per heavy atom. The minimum absolute atomic E-state index is 0. The highest BCUT2D eigenvalue weighted by atomic mass is 35.5. The normalized spacial score (nSPS) is 18.0. The monoisotopic (exact) mass is 376 g/mol. The van der Waals surface area contributed by atoms with Gasteiger partial charge in [0.25, 0.3) is 0 Å². The summed E-state index contributed by atoms with van der Waals surface area (Å²) in [4.78, 5) is 12.5. The predicted octanol–water partition coefficient (Wildman–Crippen LogP) is 1.91. The maximum Gasteiger partial charge on any atom is 0.240 e. The van der Waals surface area contributed by atoms with Crippen molar-refractivity contribution < 1.29 is 9.53 Å². The van der Waals surface area contributed by atoms with Crippen molar-refractivity contribution in [1.29, 1.82) is 0 Å². The van der Waals surface area contributed by atoms with E-state index in [9.17, 15) is 4.79 Å². The number of halogens is 1. The standard InChI is InChI=1S/C19H24N4O2.ClH/c20-19(9-11-25-12-10-19)18(24)21-13-16-15-7-4-8-17(15)23(22-16)14-5-2-1-3-6-14;/h1-3,5-6H,4,7-13,20H2,(H,21,24);1H. The van der Waals surface area contributed by atoms with Gasteiger partial charge in [0.05, 0.1) is 23.5 Å². The highest BCUT2D eigenvalue weighted by Crippen LogP contribution is 2.28. The number of nitrogens with zero attached hydrogens (tertiary/aromatic N) is 2. The fourth-order valence-corrected chi connectivity index (χ4v) is 3.74. The Hall–Kier alpha value is -1.89. The number of nitrogens with one attached hydrogen (secondary N) is 1. The Bertz CT molecular complexity index is 769. The summed E-state index contributed by atoms with van der Waals surface area (Å²) in [6.07, 6.45) is 4.32. The summed E-state index contributed by atoms with van der Waals surface area (Å²) in [6.45, 7) is 1.52. The number of para-hydroxylation sites is 1. The van der Waals surface area contributed by atoms with Crippen molar-refractivity contribution in [3.05, 3.63) is 47.3 Å². The average Bonchev–Trinajstić information content (AvgIpc) is 3.24. The van der Waals surface area contributed by atoms with Gasteiger partial charge >= 0.3 is 0 Å². The van der Waals surface area contributed by atoms with Gasteiger partial charge in [-0.3, -0.25) is 4.79 Å². The molecule has 1 saturated heterocycles. The second-order valence-corrected chi connectivity index (χ2v) is 6.92. The van der Waals surface area contributed by atoms with Crippen molar-refractivity contribution in [2.45, 2.75) is 44.2 Å². The van der Waals surface area contributed by atoms with Gasteiger partial charge in [-0.15, -0.1) is 12.4 Å². The highest BCUT2D eigenvalue weighted by Gasteiger charge is 2.36. The van der Waals surface area contributed by atoms with Gasteiger partial charge in [0.2, 0.25) is 5.91 Å². The van der Waals surface area contributed by atoms with Crippen molar-refractivity contribution in [1.82, 2.24) is 15.1 Å². The van der Waals surface area contributed by atoms with Gasteiger partial charge in [-0.1, -0.05) is 18.2 Å². The van der Waals surface area contributed by atoms with Gasteiger partial charge in [0.1, 0.15) is 0 Å². The van der Waals surface area contributed by atoms with Crippen LogP contribution in [0.4, 0.5) is 0 Å². The first-order chi connectivity index (χ1) is 12.2. The summed E-state index contributed by atoms with van der Waals surface area (Å²) in [5, 5.41) is 7.79. The molecule has 0 saturated carbocycles. The van der Waals surface area contributed by atoms with E-state index < -0.39 is 5.54 Å². The van der Waals surface area contributed by atoms with Gasteiger partial charge in [-0.2, -0.15) is 5.10 Å².